The van der Waals surface area contributed by atoms with Gasteiger partial charge < -0.3 is 10.5 Å². The van der Waals surface area contributed by atoms with Gasteiger partial charge in [0.1, 0.15) is 10.9 Å². The Labute approximate surface area is 100 Å². The summed E-state index contributed by atoms with van der Waals surface area (Å²) in [4.78, 5) is 0. The maximum atomic E-state index is 12.1. The van der Waals surface area contributed by atoms with Gasteiger partial charge >= 0.3 is 0 Å². The van der Waals surface area contributed by atoms with Crippen LogP contribution < -0.4 is 5.73 Å². The SMILES string of the molecule is CC1(C)OC(N)=NS(=O)(=O)C1c1ccccc1. The molecule has 6 heteroatoms. The van der Waals surface area contributed by atoms with Crippen molar-refractivity contribution in [1.82, 2.24) is 0 Å². The molecular formula is C11H14N2O3S. The summed E-state index contributed by atoms with van der Waals surface area (Å²) in [5.41, 5.74) is 5.08. The van der Waals surface area contributed by atoms with E-state index in [1.807, 2.05) is 6.07 Å². The third-order valence-corrected chi connectivity index (χ3v) is 4.49. The minimum atomic E-state index is -3.70. The second-order valence-corrected chi connectivity index (χ2v) is 6.12. The maximum absolute atomic E-state index is 12.1. The highest BCUT2D eigenvalue weighted by atomic mass is 32.2. The van der Waals surface area contributed by atoms with Crippen molar-refractivity contribution < 1.29 is 13.2 Å². The number of nitrogens with two attached hydrogens (primary N) is 1. The number of amidine groups is 1. The van der Waals surface area contributed by atoms with Gasteiger partial charge in [-0.15, -0.1) is 4.40 Å². The molecule has 2 N–H and O–H groups in total. The highest BCUT2D eigenvalue weighted by Gasteiger charge is 2.46. The van der Waals surface area contributed by atoms with E-state index in [4.69, 9.17) is 10.5 Å². The standard InChI is InChI=1S/C11H14N2O3S/c1-11(2)9(8-6-4-3-5-7-8)17(14,15)13-10(12)16-11/h3-7,9H,1-2H3,(H2,12,13). The lowest BCUT2D eigenvalue weighted by Gasteiger charge is -2.35. The molecule has 1 aromatic carbocycles. The highest BCUT2D eigenvalue weighted by molar-refractivity contribution is 7.90. The average Bonchev–Trinajstić information content (AvgIpc) is 2.14. The molecule has 0 aromatic heterocycles. The zero-order valence-electron chi connectivity index (χ0n) is 9.62. The van der Waals surface area contributed by atoms with E-state index in [9.17, 15) is 8.42 Å². The second-order valence-electron chi connectivity index (χ2n) is 4.44. The van der Waals surface area contributed by atoms with Crippen molar-refractivity contribution in [3.63, 3.8) is 0 Å². The third kappa shape index (κ3) is 2.12. The molecule has 0 aliphatic carbocycles. The first-order valence-electron chi connectivity index (χ1n) is 5.16. The summed E-state index contributed by atoms with van der Waals surface area (Å²) in [5.74, 6) is 0. The zero-order valence-corrected chi connectivity index (χ0v) is 10.4. The number of sulfonamides is 1. The van der Waals surface area contributed by atoms with Gasteiger partial charge in [-0.3, -0.25) is 0 Å². The van der Waals surface area contributed by atoms with E-state index in [0.29, 0.717) is 5.56 Å². The van der Waals surface area contributed by atoms with Gasteiger partial charge in [-0.1, -0.05) is 30.3 Å². The molecule has 0 saturated heterocycles. The van der Waals surface area contributed by atoms with Gasteiger partial charge in [-0.2, -0.15) is 0 Å². The van der Waals surface area contributed by atoms with Crippen molar-refractivity contribution >= 4 is 16.0 Å². The fraction of sp³-hybridized carbons (Fsp3) is 0.364. The van der Waals surface area contributed by atoms with Crippen LogP contribution in [-0.2, 0) is 14.8 Å². The van der Waals surface area contributed by atoms with Crippen LogP contribution in [0.1, 0.15) is 24.7 Å². The molecule has 1 aliphatic heterocycles. The lowest BCUT2D eigenvalue weighted by Crippen LogP contribution is -2.45. The van der Waals surface area contributed by atoms with Crippen LogP contribution >= 0.6 is 0 Å². The topological polar surface area (TPSA) is 81.8 Å². The third-order valence-electron chi connectivity index (χ3n) is 2.62. The van der Waals surface area contributed by atoms with Gasteiger partial charge in [0.2, 0.25) is 0 Å². The van der Waals surface area contributed by atoms with Gasteiger partial charge in [0.25, 0.3) is 16.0 Å². The first kappa shape index (κ1) is 11.9. The van der Waals surface area contributed by atoms with Crippen molar-refractivity contribution in [2.75, 3.05) is 0 Å². The van der Waals surface area contributed by atoms with Crippen LogP contribution in [0.3, 0.4) is 0 Å². The van der Waals surface area contributed by atoms with Crippen molar-refractivity contribution in [2.45, 2.75) is 24.7 Å². The molecule has 1 aliphatic rings. The molecule has 17 heavy (non-hydrogen) atoms. The summed E-state index contributed by atoms with van der Waals surface area (Å²) in [5, 5.41) is -0.844. The second kappa shape index (κ2) is 3.73. The number of ether oxygens (including phenoxy) is 1. The molecule has 0 saturated carbocycles. The van der Waals surface area contributed by atoms with E-state index in [0.717, 1.165) is 0 Å². The molecule has 1 aromatic rings. The van der Waals surface area contributed by atoms with Gasteiger partial charge in [-0.25, -0.2) is 8.42 Å². The fourth-order valence-electron chi connectivity index (χ4n) is 2.08. The van der Waals surface area contributed by atoms with Crippen molar-refractivity contribution in [1.29, 1.82) is 0 Å². The van der Waals surface area contributed by atoms with E-state index in [2.05, 4.69) is 4.40 Å². The Morgan fingerprint density at radius 1 is 1.29 bits per heavy atom. The Balaban J connectivity index is 2.59. The lowest BCUT2D eigenvalue weighted by molar-refractivity contribution is 0.0827. The fourth-order valence-corrected chi connectivity index (χ4v) is 3.74. The summed E-state index contributed by atoms with van der Waals surface area (Å²) >= 11 is 0. The van der Waals surface area contributed by atoms with E-state index in [1.54, 1.807) is 38.1 Å². The largest absolute Gasteiger partial charge is 0.457 e. The summed E-state index contributed by atoms with van der Waals surface area (Å²) < 4.78 is 32.9. The number of rotatable bonds is 1. The maximum Gasteiger partial charge on any atom is 0.298 e. The zero-order chi connectivity index (χ0) is 12.7. The van der Waals surface area contributed by atoms with Crippen LogP contribution in [0.2, 0.25) is 0 Å². The summed E-state index contributed by atoms with van der Waals surface area (Å²) in [6, 6.07) is 8.56. The lowest BCUT2D eigenvalue weighted by atomic mass is 9.97. The van der Waals surface area contributed by atoms with Crippen LogP contribution in [0.15, 0.2) is 34.7 Å². The summed E-state index contributed by atoms with van der Waals surface area (Å²) in [7, 11) is -3.70. The van der Waals surface area contributed by atoms with Crippen molar-refractivity contribution in [3.05, 3.63) is 35.9 Å². The normalized spacial score (nSPS) is 25.8. The van der Waals surface area contributed by atoms with E-state index in [1.165, 1.54) is 0 Å². The first-order valence-corrected chi connectivity index (χ1v) is 6.66. The smallest absolute Gasteiger partial charge is 0.298 e. The molecular weight excluding hydrogens is 240 g/mol. The average molecular weight is 254 g/mol. The van der Waals surface area contributed by atoms with E-state index in [-0.39, 0.29) is 6.02 Å². The number of hydrogen-bond donors (Lipinski definition) is 1. The molecule has 0 fully saturated rings. The molecule has 1 atom stereocenters. The first-order chi connectivity index (χ1) is 7.83. The monoisotopic (exact) mass is 254 g/mol. The van der Waals surface area contributed by atoms with Crippen LogP contribution in [0.5, 0.6) is 0 Å². The minimum Gasteiger partial charge on any atom is -0.457 e. The predicted molar refractivity (Wildman–Crippen MR) is 64.9 cm³/mol. The van der Waals surface area contributed by atoms with Crippen molar-refractivity contribution in [3.8, 4) is 0 Å². The van der Waals surface area contributed by atoms with Crippen LogP contribution in [-0.4, -0.2) is 20.0 Å². The molecule has 92 valence electrons. The predicted octanol–water partition coefficient (Wildman–Crippen LogP) is 1.18. The number of nitrogens with zero attached hydrogens (tertiary/aromatic N) is 1. The summed E-state index contributed by atoms with van der Waals surface area (Å²) in [6.45, 7) is 3.37. The minimum absolute atomic E-state index is 0.304. The Morgan fingerprint density at radius 3 is 2.41 bits per heavy atom. The quantitative estimate of drug-likeness (QED) is 0.816. The highest BCUT2D eigenvalue weighted by Crippen LogP contribution is 2.39. The van der Waals surface area contributed by atoms with Crippen molar-refractivity contribution in [2.24, 2.45) is 10.1 Å². The molecule has 2 rings (SSSR count). The Kier molecular flexibility index (Phi) is 2.61. The number of hydrogen-bond acceptors (Lipinski definition) is 4. The molecule has 1 unspecified atom stereocenters. The summed E-state index contributed by atoms with van der Waals surface area (Å²) in [6.07, 6.45) is 0. The van der Waals surface area contributed by atoms with Gasteiger partial charge in [0, 0.05) is 0 Å². The molecule has 0 amide bonds. The van der Waals surface area contributed by atoms with Crippen LogP contribution in [0.25, 0.3) is 0 Å². The van der Waals surface area contributed by atoms with Crippen LogP contribution in [0.4, 0.5) is 0 Å². The molecule has 5 nitrogen and oxygen atoms in total. The van der Waals surface area contributed by atoms with E-state index < -0.39 is 20.9 Å². The molecule has 1 heterocycles. The molecule has 0 bridgehead atoms. The molecule has 0 spiro atoms. The Bertz CT molecular complexity index is 549. The Hall–Kier alpha value is -1.56. The van der Waals surface area contributed by atoms with Gasteiger partial charge in [-0.05, 0) is 19.4 Å². The Morgan fingerprint density at radius 2 is 1.88 bits per heavy atom. The number of benzene rings is 1. The van der Waals surface area contributed by atoms with Crippen LogP contribution in [0, 0.1) is 0 Å². The van der Waals surface area contributed by atoms with Gasteiger partial charge in [0.15, 0.2) is 0 Å². The van der Waals surface area contributed by atoms with E-state index >= 15 is 0 Å². The molecule has 0 radical (unpaired) electrons. The van der Waals surface area contributed by atoms with Gasteiger partial charge in [0.05, 0.1) is 0 Å².